The van der Waals surface area contributed by atoms with Crippen molar-refractivity contribution in [3.8, 4) is 77.1 Å². The van der Waals surface area contributed by atoms with Crippen molar-refractivity contribution in [1.29, 1.82) is 0 Å². The fourth-order valence-electron chi connectivity index (χ4n) is 11.6. The molecule has 2 heterocycles. The molecule has 0 aromatic heterocycles. The molecule has 5 N–H and O–H groups in total. The maximum absolute atomic E-state index is 11.2. The number of hydrogen-bond donors (Lipinski definition) is 5. The normalized spacial score (nSPS) is 37.1. The van der Waals surface area contributed by atoms with E-state index in [2.05, 4.69) is 111 Å². The minimum absolute atomic E-state index is 0. The second kappa shape index (κ2) is 27.0. The summed E-state index contributed by atoms with van der Waals surface area (Å²) in [5.41, 5.74) is 1.00. The quantitative estimate of drug-likeness (QED) is 0.107. The largest absolute Gasteiger partial charge is 0.394 e. The SMILES string of the molecule is C#C.C#C.C#C.C#C.C#C.C#C.CC(C)(O)[C@@H](CCCC1CCC2[C@@H]3CC=C4C(CC[C@H](O)C4(C)C)[C@]3(C)CC[C@]12C)O[C@H]1C[C@@H](O)C[C@@H](CO[C@H]2C[C@@H](O)C[C@@H](CO)O2)O1.[HH]. The topological polar surface area (TPSA) is 138 Å². The first-order valence-electron chi connectivity index (χ1n) is 21.7. The Morgan fingerprint density at radius 3 is 1.85 bits per heavy atom. The first-order chi connectivity index (χ1) is 29.0. The van der Waals surface area contributed by atoms with Crippen LogP contribution >= 0.6 is 0 Å². The third kappa shape index (κ3) is 14.1. The molecule has 14 atom stereocenters. The van der Waals surface area contributed by atoms with Crippen LogP contribution in [-0.4, -0.2) is 93.6 Å². The van der Waals surface area contributed by atoms with Gasteiger partial charge in [0.25, 0.3) is 0 Å². The van der Waals surface area contributed by atoms with Gasteiger partial charge in [0.15, 0.2) is 12.6 Å². The second-order valence-electron chi connectivity index (χ2n) is 18.6. The van der Waals surface area contributed by atoms with Gasteiger partial charge in [0.1, 0.15) is 0 Å². The average molecular weight is 851 g/mol. The molecule has 6 aliphatic rings. The first-order valence-corrected chi connectivity index (χ1v) is 21.7. The van der Waals surface area contributed by atoms with Crippen LogP contribution in [0.25, 0.3) is 0 Å². The summed E-state index contributed by atoms with van der Waals surface area (Å²) < 4.78 is 24.3. The molecule has 5 fully saturated rings. The lowest BCUT2D eigenvalue weighted by Crippen LogP contribution is -2.54. The Labute approximate surface area is 373 Å². The van der Waals surface area contributed by atoms with E-state index in [0.29, 0.717) is 54.3 Å². The van der Waals surface area contributed by atoms with Gasteiger partial charge >= 0.3 is 0 Å². The van der Waals surface area contributed by atoms with Crippen LogP contribution in [0.3, 0.4) is 0 Å². The number of aliphatic hydroxyl groups is 5. The van der Waals surface area contributed by atoms with Crippen LogP contribution in [0.1, 0.15) is 133 Å². The van der Waals surface area contributed by atoms with Gasteiger partial charge in [-0.1, -0.05) is 45.8 Å². The van der Waals surface area contributed by atoms with Gasteiger partial charge in [-0.3, -0.25) is 0 Å². The van der Waals surface area contributed by atoms with E-state index < -0.39 is 48.7 Å². The third-order valence-corrected chi connectivity index (χ3v) is 14.7. The monoisotopic (exact) mass is 851 g/mol. The van der Waals surface area contributed by atoms with E-state index in [1.807, 2.05) is 0 Å². The molecule has 6 rings (SSSR count). The highest BCUT2D eigenvalue weighted by Gasteiger charge is 2.61. The van der Waals surface area contributed by atoms with Crippen molar-refractivity contribution in [2.24, 2.45) is 39.9 Å². The maximum Gasteiger partial charge on any atom is 0.161 e. The smallest absolute Gasteiger partial charge is 0.161 e. The third-order valence-electron chi connectivity index (χ3n) is 14.7. The molecule has 9 nitrogen and oxygen atoms in total. The molecule has 3 unspecified atom stereocenters. The first kappa shape index (κ1) is 57.7. The highest BCUT2D eigenvalue weighted by atomic mass is 16.7. The number of ether oxygens (including phenoxy) is 4. The molecule has 2 saturated heterocycles. The summed E-state index contributed by atoms with van der Waals surface area (Å²) in [5, 5.41) is 52.3. The number of allylic oxidation sites excluding steroid dienone is 1. The lowest BCUT2D eigenvalue weighted by atomic mass is 9.43. The van der Waals surface area contributed by atoms with Gasteiger partial charge < -0.3 is 44.5 Å². The molecule has 9 heteroatoms. The Morgan fingerprint density at radius 2 is 1.28 bits per heavy atom. The van der Waals surface area contributed by atoms with E-state index in [9.17, 15) is 25.5 Å². The van der Waals surface area contributed by atoms with Crippen molar-refractivity contribution in [3.63, 3.8) is 0 Å². The highest BCUT2D eigenvalue weighted by Crippen LogP contribution is 2.69. The molecule has 4 aliphatic carbocycles. The van der Waals surface area contributed by atoms with E-state index in [0.717, 1.165) is 44.4 Å². The van der Waals surface area contributed by atoms with Gasteiger partial charge in [-0.15, -0.1) is 77.1 Å². The molecule has 0 amide bonds. The van der Waals surface area contributed by atoms with Crippen molar-refractivity contribution >= 4 is 0 Å². The van der Waals surface area contributed by atoms with Crippen LogP contribution in [0.2, 0.25) is 0 Å². The standard InChI is InChI=1S/C40H68O9.6C2H2.H2/c1-37(2)29-12-13-32-31-11-10-24(39(31,5)16-17-40(32,6)30(29)14-15-33(37)44)8-7-9-34(38(3,4)45)49-36-21-26(43)19-28(48-36)23-46-35-20-25(42)18-27(22-41)47-35;6*1-2;/h12,24-28,30-36,41-45H,7-11,13-23H2,1-6H3;6*1-2H;1H/t24?,25-,26-,27-,28-,30?,31?,32-,33-,34+,35+,36-,39+,40-;;;;;;;/m0......./s1. The molecular formula is C52H82O9. The molecule has 344 valence electrons. The zero-order valence-corrected chi connectivity index (χ0v) is 38.1. The molecule has 3 saturated carbocycles. The summed E-state index contributed by atoms with van der Waals surface area (Å²) in [6, 6.07) is 0. The number of terminal acetylenes is 6. The van der Waals surface area contributed by atoms with Crippen LogP contribution in [0.4, 0.5) is 0 Å². The lowest BCUT2D eigenvalue weighted by molar-refractivity contribution is -0.279. The van der Waals surface area contributed by atoms with E-state index in [4.69, 9.17) is 18.9 Å². The Balaban J connectivity index is 0. The van der Waals surface area contributed by atoms with Gasteiger partial charge in [-0.25, -0.2) is 0 Å². The van der Waals surface area contributed by atoms with E-state index in [-0.39, 0.29) is 26.2 Å². The minimum atomic E-state index is -1.06. The molecule has 0 aromatic carbocycles. The molecule has 0 aromatic rings. The fraction of sp³-hybridized carbons (Fsp3) is 0.731. The lowest BCUT2D eigenvalue weighted by Gasteiger charge is -2.61. The van der Waals surface area contributed by atoms with Gasteiger partial charge in [0.05, 0.1) is 55.4 Å². The zero-order valence-electron chi connectivity index (χ0n) is 38.1. The van der Waals surface area contributed by atoms with Gasteiger partial charge in [-0.2, -0.15) is 0 Å². The van der Waals surface area contributed by atoms with Crippen LogP contribution in [0, 0.1) is 117 Å². The van der Waals surface area contributed by atoms with Gasteiger partial charge in [0.2, 0.25) is 0 Å². The summed E-state index contributed by atoms with van der Waals surface area (Å²) in [7, 11) is 0. The van der Waals surface area contributed by atoms with Crippen LogP contribution in [-0.2, 0) is 18.9 Å². The highest BCUT2D eigenvalue weighted by molar-refractivity contribution is 5.29. The summed E-state index contributed by atoms with van der Waals surface area (Å²) in [4.78, 5) is 0. The average Bonchev–Trinajstić information content (AvgIpc) is 3.60. The van der Waals surface area contributed by atoms with Crippen molar-refractivity contribution in [2.45, 2.75) is 186 Å². The molecule has 2 aliphatic heterocycles. The van der Waals surface area contributed by atoms with Crippen LogP contribution in [0.5, 0.6) is 0 Å². The molecule has 0 radical (unpaired) electrons. The van der Waals surface area contributed by atoms with Gasteiger partial charge in [-0.05, 0) is 106 Å². The summed E-state index contributed by atoms with van der Waals surface area (Å²) in [6.45, 7) is 13.3. The number of fused-ring (bicyclic) bond motifs is 5. The zero-order chi connectivity index (χ0) is 47.4. The van der Waals surface area contributed by atoms with E-state index >= 15 is 0 Å². The Morgan fingerprint density at radius 1 is 0.738 bits per heavy atom. The molecule has 61 heavy (non-hydrogen) atoms. The Bertz CT molecular complexity index is 1380. The van der Waals surface area contributed by atoms with Crippen molar-refractivity contribution < 1.29 is 45.9 Å². The number of hydrogen-bond acceptors (Lipinski definition) is 9. The maximum atomic E-state index is 11.2. The Kier molecular flexibility index (Phi) is 25.6. The Hall–Kier alpha value is -3.26. The van der Waals surface area contributed by atoms with Crippen molar-refractivity contribution in [1.82, 2.24) is 0 Å². The number of rotatable bonds is 11. The second-order valence-corrected chi connectivity index (χ2v) is 18.6. The number of aliphatic hydroxyl groups excluding tert-OH is 4. The summed E-state index contributed by atoms with van der Waals surface area (Å²) in [6.07, 6.45) is 59.1. The summed E-state index contributed by atoms with van der Waals surface area (Å²) >= 11 is 0. The van der Waals surface area contributed by atoms with Crippen molar-refractivity contribution in [2.75, 3.05) is 13.2 Å². The van der Waals surface area contributed by atoms with Crippen LogP contribution < -0.4 is 0 Å². The van der Waals surface area contributed by atoms with E-state index in [1.165, 1.54) is 31.3 Å². The van der Waals surface area contributed by atoms with Crippen molar-refractivity contribution in [3.05, 3.63) is 11.6 Å². The fourth-order valence-corrected chi connectivity index (χ4v) is 11.6. The predicted molar refractivity (Wildman–Crippen MR) is 248 cm³/mol. The van der Waals surface area contributed by atoms with Crippen LogP contribution in [0.15, 0.2) is 11.6 Å². The van der Waals surface area contributed by atoms with E-state index in [1.54, 1.807) is 13.8 Å². The molecular weight excluding hydrogens is 769 g/mol. The molecule has 0 bridgehead atoms. The molecule has 0 spiro atoms. The summed E-state index contributed by atoms with van der Waals surface area (Å²) in [5.74, 6) is 2.70. The van der Waals surface area contributed by atoms with Gasteiger partial charge in [0, 0.05) is 32.5 Å². The predicted octanol–water partition coefficient (Wildman–Crippen LogP) is 7.37. The minimum Gasteiger partial charge on any atom is -0.394 e.